The van der Waals surface area contributed by atoms with Gasteiger partial charge in [0.15, 0.2) is 5.11 Å². The average molecular weight is 328 g/mol. The van der Waals surface area contributed by atoms with Gasteiger partial charge in [-0.15, -0.1) is 0 Å². The monoisotopic (exact) mass is 328 g/mol. The normalized spacial score (nSPS) is 13.7. The fourth-order valence-electron chi connectivity index (χ4n) is 2.58. The summed E-state index contributed by atoms with van der Waals surface area (Å²) in [6, 6.07) is 15.6. The summed E-state index contributed by atoms with van der Waals surface area (Å²) in [7, 11) is 0. The first-order valence-electron chi connectivity index (χ1n) is 8.07. The molecule has 1 aliphatic carbocycles. The molecule has 0 bridgehead atoms. The Kier molecular flexibility index (Phi) is 4.91. The van der Waals surface area contributed by atoms with Crippen LogP contribution in [-0.2, 0) is 13.0 Å². The summed E-state index contributed by atoms with van der Waals surface area (Å²) in [4.78, 5) is 2.10. The van der Waals surface area contributed by atoms with Gasteiger partial charge < -0.3 is 10.2 Å². The van der Waals surface area contributed by atoms with Crippen molar-refractivity contribution in [3.63, 3.8) is 0 Å². The summed E-state index contributed by atoms with van der Waals surface area (Å²) in [5.41, 5.74) is 2.96. The lowest BCUT2D eigenvalue weighted by molar-refractivity contribution is 0.400. The van der Waals surface area contributed by atoms with E-state index in [4.69, 9.17) is 12.2 Å². The van der Waals surface area contributed by atoms with Gasteiger partial charge in [-0.1, -0.05) is 37.3 Å². The number of benzene rings is 2. The number of nitrogens with zero attached hydrogens (tertiary/aromatic N) is 1. The maximum Gasteiger partial charge on any atom is 0.173 e. The highest BCUT2D eigenvalue weighted by Crippen LogP contribution is 2.29. The first kappa shape index (κ1) is 15.9. The van der Waals surface area contributed by atoms with Crippen LogP contribution in [0, 0.1) is 5.82 Å². The molecular weight excluding hydrogens is 307 g/mol. The molecule has 1 N–H and O–H groups in total. The first-order valence-corrected chi connectivity index (χ1v) is 8.48. The predicted molar refractivity (Wildman–Crippen MR) is 97.0 cm³/mol. The number of rotatable bonds is 5. The molecule has 0 atom stereocenters. The topological polar surface area (TPSA) is 15.3 Å². The number of nitrogens with one attached hydrogen (secondary N) is 1. The molecule has 0 unspecified atom stereocenters. The Balaban J connectivity index is 1.70. The van der Waals surface area contributed by atoms with Crippen LogP contribution >= 0.6 is 12.2 Å². The van der Waals surface area contributed by atoms with Crippen LogP contribution in [0.3, 0.4) is 0 Å². The minimum Gasteiger partial charge on any atom is -0.342 e. The van der Waals surface area contributed by atoms with Gasteiger partial charge in [-0.2, -0.15) is 0 Å². The molecule has 0 aliphatic heterocycles. The van der Waals surface area contributed by atoms with E-state index in [2.05, 4.69) is 29.3 Å². The molecular formula is C19H21FN2S. The second kappa shape index (κ2) is 7.09. The van der Waals surface area contributed by atoms with E-state index in [9.17, 15) is 4.39 Å². The minimum absolute atomic E-state index is 0.173. The lowest BCUT2D eigenvalue weighted by Gasteiger charge is -2.26. The number of thiocarbonyl (C=S) groups is 1. The van der Waals surface area contributed by atoms with E-state index in [1.807, 2.05) is 24.3 Å². The van der Waals surface area contributed by atoms with Crippen LogP contribution in [0.25, 0.3) is 0 Å². The van der Waals surface area contributed by atoms with Crippen LogP contribution in [-0.4, -0.2) is 16.1 Å². The second-order valence-electron chi connectivity index (χ2n) is 5.93. The fraction of sp³-hybridized carbons (Fsp3) is 0.316. The summed E-state index contributed by atoms with van der Waals surface area (Å²) in [5.74, 6) is -0.173. The van der Waals surface area contributed by atoms with Crippen molar-refractivity contribution in [3.8, 4) is 0 Å². The molecule has 120 valence electrons. The third kappa shape index (κ3) is 4.08. The summed E-state index contributed by atoms with van der Waals surface area (Å²) >= 11 is 5.57. The number of anilines is 1. The van der Waals surface area contributed by atoms with Gasteiger partial charge in [0.05, 0.1) is 0 Å². The molecule has 2 aromatic carbocycles. The molecule has 0 amide bonds. The Labute approximate surface area is 142 Å². The number of halogens is 1. The van der Waals surface area contributed by atoms with Crippen LogP contribution in [0.4, 0.5) is 10.1 Å². The van der Waals surface area contributed by atoms with Crippen molar-refractivity contribution in [3.05, 3.63) is 65.5 Å². The van der Waals surface area contributed by atoms with Crippen LogP contribution in [0.2, 0.25) is 0 Å². The number of aryl methyl sites for hydroxylation is 1. The maximum absolute atomic E-state index is 13.9. The largest absolute Gasteiger partial charge is 0.342 e. The number of hydrogen-bond donors (Lipinski definition) is 1. The molecule has 23 heavy (non-hydrogen) atoms. The zero-order chi connectivity index (χ0) is 16.2. The molecule has 2 nitrogen and oxygen atoms in total. The van der Waals surface area contributed by atoms with E-state index >= 15 is 0 Å². The van der Waals surface area contributed by atoms with Crippen molar-refractivity contribution in [2.24, 2.45) is 0 Å². The first-order chi connectivity index (χ1) is 11.2. The van der Waals surface area contributed by atoms with Crippen LogP contribution in [0.15, 0.2) is 48.5 Å². The molecule has 0 spiro atoms. The van der Waals surface area contributed by atoms with Gasteiger partial charge in [0.25, 0.3) is 0 Å². The number of hydrogen-bond acceptors (Lipinski definition) is 1. The molecule has 3 rings (SSSR count). The minimum atomic E-state index is -0.173. The Morgan fingerprint density at radius 2 is 1.87 bits per heavy atom. The quantitative estimate of drug-likeness (QED) is 0.798. The molecule has 1 saturated carbocycles. The van der Waals surface area contributed by atoms with Gasteiger partial charge in [-0.05, 0) is 55.2 Å². The van der Waals surface area contributed by atoms with Gasteiger partial charge in [0.2, 0.25) is 0 Å². The highest BCUT2D eigenvalue weighted by atomic mass is 32.1. The van der Waals surface area contributed by atoms with Gasteiger partial charge in [0, 0.05) is 23.8 Å². The van der Waals surface area contributed by atoms with E-state index in [0.29, 0.717) is 23.3 Å². The van der Waals surface area contributed by atoms with Gasteiger partial charge in [-0.25, -0.2) is 4.39 Å². The lowest BCUT2D eigenvalue weighted by Crippen LogP contribution is -2.36. The molecule has 2 aromatic rings. The zero-order valence-corrected chi connectivity index (χ0v) is 14.1. The van der Waals surface area contributed by atoms with Gasteiger partial charge >= 0.3 is 0 Å². The highest BCUT2D eigenvalue weighted by Gasteiger charge is 2.31. The van der Waals surface area contributed by atoms with Crippen molar-refractivity contribution in [1.29, 1.82) is 0 Å². The summed E-state index contributed by atoms with van der Waals surface area (Å²) in [6.07, 6.45) is 3.25. The molecule has 4 heteroatoms. The van der Waals surface area contributed by atoms with Crippen LogP contribution < -0.4 is 5.32 Å². The van der Waals surface area contributed by atoms with Crippen molar-refractivity contribution >= 4 is 23.0 Å². The van der Waals surface area contributed by atoms with Gasteiger partial charge in [0.1, 0.15) is 5.82 Å². The van der Waals surface area contributed by atoms with E-state index in [0.717, 1.165) is 24.9 Å². The molecule has 1 fully saturated rings. The third-order valence-electron chi connectivity index (χ3n) is 4.16. The van der Waals surface area contributed by atoms with Crippen molar-refractivity contribution in [2.75, 3.05) is 5.32 Å². The van der Waals surface area contributed by atoms with Gasteiger partial charge in [-0.3, -0.25) is 0 Å². The van der Waals surface area contributed by atoms with Crippen molar-refractivity contribution in [2.45, 2.75) is 38.8 Å². The second-order valence-corrected chi connectivity index (χ2v) is 6.32. The van der Waals surface area contributed by atoms with E-state index < -0.39 is 0 Å². The lowest BCUT2D eigenvalue weighted by atomic mass is 10.1. The fourth-order valence-corrected chi connectivity index (χ4v) is 2.91. The highest BCUT2D eigenvalue weighted by molar-refractivity contribution is 7.80. The van der Waals surface area contributed by atoms with E-state index in [-0.39, 0.29) is 5.82 Å². The molecule has 0 aromatic heterocycles. The van der Waals surface area contributed by atoms with Crippen molar-refractivity contribution < 1.29 is 4.39 Å². The SMILES string of the molecule is CCc1ccc(NC(=S)N(Cc2ccccc2F)C2CC2)cc1. The maximum atomic E-state index is 13.9. The molecule has 0 heterocycles. The van der Waals surface area contributed by atoms with Crippen LogP contribution in [0.5, 0.6) is 0 Å². The Bertz CT molecular complexity index is 680. The Morgan fingerprint density at radius 1 is 1.17 bits per heavy atom. The summed E-state index contributed by atoms with van der Waals surface area (Å²) < 4.78 is 13.9. The third-order valence-corrected chi connectivity index (χ3v) is 4.50. The van der Waals surface area contributed by atoms with E-state index in [1.54, 1.807) is 6.07 Å². The Hall–Kier alpha value is -1.94. The molecule has 0 saturated heterocycles. The van der Waals surface area contributed by atoms with Crippen molar-refractivity contribution in [1.82, 2.24) is 4.90 Å². The average Bonchev–Trinajstić information content (AvgIpc) is 3.39. The Morgan fingerprint density at radius 3 is 2.48 bits per heavy atom. The summed E-state index contributed by atoms with van der Waals surface area (Å²) in [6.45, 7) is 2.65. The van der Waals surface area contributed by atoms with E-state index in [1.165, 1.54) is 11.6 Å². The smallest absolute Gasteiger partial charge is 0.173 e. The standard InChI is InChI=1S/C19H21FN2S/c1-2-14-7-9-16(10-8-14)21-19(23)22(17-11-12-17)13-15-5-3-4-6-18(15)20/h3-10,17H,2,11-13H2,1H3,(H,21,23). The van der Waals surface area contributed by atoms with Crippen LogP contribution in [0.1, 0.15) is 30.9 Å². The molecule has 0 radical (unpaired) electrons. The molecule has 1 aliphatic rings. The predicted octanol–water partition coefficient (Wildman–Crippen LogP) is 4.75. The summed E-state index contributed by atoms with van der Waals surface area (Å²) in [5, 5.41) is 3.96. The zero-order valence-electron chi connectivity index (χ0n) is 13.3.